The number of amides is 2. The van der Waals surface area contributed by atoms with Crippen LogP contribution in [0.1, 0.15) is 36.6 Å². The third kappa shape index (κ3) is 4.71. The molecule has 3 rings (SSSR count). The van der Waals surface area contributed by atoms with Gasteiger partial charge in [0.2, 0.25) is 0 Å². The minimum Gasteiger partial charge on any atom is -0.504 e. The average molecular weight is 422 g/mol. The number of phenolic OH excluding ortho intramolecular Hbond substituents is 1. The zero-order valence-corrected chi connectivity index (χ0v) is 17.8. The Kier molecular flexibility index (Phi) is 6.65. The highest BCUT2D eigenvalue weighted by molar-refractivity contribution is 6.04. The van der Waals surface area contributed by atoms with Gasteiger partial charge in [-0.05, 0) is 43.5 Å². The summed E-state index contributed by atoms with van der Waals surface area (Å²) < 4.78 is 10.8. The van der Waals surface area contributed by atoms with Crippen LogP contribution in [0.5, 0.6) is 11.5 Å². The number of phenols is 1. The SMILES string of the molecule is C=CCc1cc(C2NC(=O)NC(c3ccccc3)=C2C(=O)OC(C)C)cc(OC)c1O. The summed E-state index contributed by atoms with van der Waals surface area (Å²) >= 11 is 0. The fraction of sp³-hybridized carbons (Fsp3) is 0.250. The lowest BCUT2D eigenvalue weighted by Crippen LogP contribution is -2.45. The molecule has 0 fully saturated rings. The Labute approximate surface area is 181 Å². The van der Waals surface area contributed by atoms with E-state index in [1.165, 1.54) is 7.11 Å². The van der Waals surface area contributed by atoms with Gasteiger partial charge in [-0.3, -0.25) is 0 Å². The van der Waals surface area contributed by atoms with Crippen molar-refractivity contribution in [1.29, 1.82) is 0 Å². The molecule has 2 amide bonds. The van der Waals surface area contributed by atoms with Crippen LogP contribution in [-0.4, -0.2) is 30.3 Å². The molecule has 162 valence electrons. The number of hydrogen-bond donors (Lipinski definition) is 3. The van der Waals surface area contributed by atoms with Gasteiger partial charge in [-0.25, -0.2) is 9.59 Å². The summed E-state index contributed by atoms with van der Waals surface area (Å²) in [4.78, 5) is 25.7. The first-order chi connectivity index (χ1) is 14.8. The Morgan fingerprint density at radius 3 is 2.58 bits per heavy atom. The predicted molar refractivity (Wildman–Crippen MR) is 118 cm³/mol. The van der Waals surface area contributed by atoms with Crippen molar-refractivity contribution in [1.82, 2.24) is 10.6 Å². The Bertz CT molecular complexity index is 1030. The second-order valence-electron chi connectivity index (χ2n) is 7.36. The number of carbonyl (C=O) groups is 2. The molecule has 7 heteroatoms. The molecular weight excluding hydrogens is 396 g/mol. The molecule has 1 unspecified atom stereocenters. The molecule has 0 aromatic heterocycles. The first-order valence-corrected chi connectivity index (χ1v) is 9.94. The van der Waals surface area contributed by atoms with Crippen LogP contribution >= 0.6 is 0 Å². The fourth-order valence-electron chi connectivity index (χ4n) is 3.47. The summed E-state index contributed by atoms with van der Waals surface area (Å²) in [6, 6.07) is 11.2. The maximum Gasteiger partial charge on any atom is 0.338 e. The van der Waals surface area contributed by atoms with Gasteiger partial charge in [-0.1, -0.05) is 36.4 Å². The monoisotopic (exact) mass is 422 g/mol. The summed E-state index contributed by atoms with van der Waals surface area (Å²) in [7, 11) is 1.44. The smallest absolute Gasteiger partial charge is 0.338 e. The molecule has 3 N–H and O–H groups in total. The number of ether oxygens (including phenoxy) is 2. The van der Waals surface area contributed by atoms with E-state index in [2.05, 4.69) is 17.2 Å². The highest BCUT2D eigenvalue weighted by Gasteiger charge is 2.35. The Balaban J connectivity index is 2.23. The van der Waals surface area contributed by atoms with Gasteiger partial charge in [0.05, 0.1) is 30.5 Å². The molecule has 2 aromatic rings. The largest absolute Gasteiger partial charge is 0.504 e. The van der Waals surface area contributed by atoms with Crippen LogP contribution in [-0.2, 0) is 16.0 Å². The molecule has 0 bridgehead atoms. The van der Waals surface area contributed by atoms with Crippen molar-refractivity contribution < 1.29 is 24.2 Å². The molecule has 1 heterocycles. The number of urea groups is 1. The number of carbonyl (C=O) groups excluding carboxylic acids is 2. The molecule has 1 aliphatic heterocycles. The molecule has 7 nitrogen and oxygen atoms in total. The van der Waals surface area contributed by atoms with Crippen LogP contribution in [0, 0.1) is 0 Å². The van der Waals surface area contributed by atoms with Crippen molar-refractivity contribution in [3.63, 3.8) is 0 Å². The van der Waals surface area contributed by atoms with Gasteiger partial charge in [0.25, 0.3) is 0 Å². The molecule has 0 aliphatic carbocycles. The maximum atomic E-state index is 13.1. The third-order valence-electron chi connectivity index (χ3n) is 4.79. The van der Waals surface area contributed by atoms with Crippen molar-refractivity contribution in [3.05, 3.63) is 77.4 Å². The summed E-state index contributed by atoms with van der Waals surface area (Å²) in [6.45, 7) is 7.24. The fourth-order valence-corrected chi connectivity index (χ4v) is 3.47. The number of allylic oxidation sites excluding steroid dienone is 1. The molecular formula is C24H26N2O5. The van der Waals surface area contributed by atoms with Gasteiger partial charge >= 0.3 is 12.0 Å². The summed E-state index contributed by atoms with van der Waals surface area (Å²) in [5, 5.41) is 16.0. The van der Waals surface area contributed by atoms with Crippen molar-refractivity contribution >= 4 is 17.7 Å². The number of benzene rings is 2. The van der Waals surface area contributed by atoms with Crippen molar-refractivity contribution in [3.8, 4) is 11.5 Å². The number of methoxy groups -OCH3 is 1. The van der Waals surface area contributed by atoms with E-state index in [4.69, 9.17) is 9.47 Å². The minimum atomic E-state index is -0.812. The highest BCUT2D eigenvalue weighted by Crippen LogP contribution is 2.38. The van der Waals surface area contributed by atoms with Crippen LogP contribution in [0.4, 0.5) is 4.79 Å². The van der Waals surface area contributed by atoms with Crippen LogP contribution in [0.15, 0.2) is 60.7 Å². The summed E-state index contributed by atoms with van der Waals surface area (Å²) in [5.41, 5.74) is 2.45. The van der Waals surface area contributed by atoms with E-state index in [0.29, 0.717) is 28.8 Å². The molecule has 0 radical (unpaired) electrons. The standard InChI is InChI=1S/C24H26N2O5/c1-5-9-16-12-17(13-18(30-4)22(16)27)21-19(23(28)31-14(2)3)20(25-24(29)26-21)15-10-7-6-8-11-15/h5-8,10-14,21,27H,1,9H2,2-4H3,(H2,25,26,29). The Hall–Kier alpha value is -3.74. The maximum absolute atomic E-state index is 13.1. The van der Waals surface area contributed by atoms with E-state index in [-0.39, 0.29) is 23.2 Å². The van der Waals surface area contributed by atoms with Crippen LogP contribution in [0.25, 0.3) is 5.70 Å². The van der Waals surface area contributed by atoms with Crippen molar-refractivity contribution in [2.75, 3.05) is 7.11 Å². The van der Waals surface area contributed by atoms with E-state index >= 15 is 0 Å². The minimum absolute atomic E-state index is 0.00928. The number of aromatic hydroxyl groups is 1. The van der Waals surface area contributed by atoms with Crippen LogP contribution in [0.3, 0.4) is 0 Å². The topological polar surface area (TPSA) is 96.9 Å². The third-order valence-corrected chi connectivity index (χ3v) is 4.79. The van der Waals surface area contributed by atoms with Crippen LogP contribution < -0.4 is 15.4 Å². The molecule has 1 aliphatic rings. The lowest BCUT2D eigenvalue weighted by atomic mass is 9.91. The zero-order valence-electron chi connectivity index (χ0n) is 17.8. The molecule has 31 heavy (non-hydrogen) atoms. The van der Waals surface area contributed by atoms with E-state index in [0.717, 1.165) is 0 Å². The molecule has 0 spiro atoms. The number of rotatable bonds is 7. The molecule has 0 saturated carbocycles. The number of esters is 1. The first-order valence-electron chi connectivity index (χ1n) is 9.94. The van der Waals surface area contributed by atoms with E-state index in [1.54, 1.807) is 44.2 Å². The van der Waals surface area contributed by atoms with Crippen molar-refractivity contribution in [2.24, 2.45) is 0 Å². The van der Waals surface area contributed by atoms with Gasteiger partial charge in [0, 0.05) is 5.56 Å². The summed E-state index contributed by atoms with van der Waals surface area (Å²) in [6.07, 6.45) is 1.69. The number of nitrogens with one attached hydrogen (secondary N) is 2. The van der Waals surface area contributed by atoms with Crippen LogP contribution in [0.2, 0.25) is 0 Å². The lowest BCUT2D eigenvalue weighted by molar-refractivity contribution is -0.143. The molecule has 1 atom stereocenters. The van der Waals surface area contributed by atoms with Gasteiger partial charge < -0.3 is 25.2 Å². The van der Waals surface area contributed by atoms with Gasteiger partial charge in [-0.15, -0.1) is 6.58 Å². The van der Waals surface area contributed by atoms with Crippen molar-refractivity contribution in [2.45, 2.75) is 32.4 Å². The predicted octanol–water partition coefficient (Wildman–Crippen LogP) is 3.85. The zero-order chi connectivity index (χ0) is 22.5. The second kappa shape index (κ2) is 9.38. The van der Waals surface area contributed by atoms with E-state index < -0.39 is 18.0 Å². The quantitative estimate of drug-likeness (QED) is 0.465. The van der Waals surface area contributed by atoms with E-state index in [1.807, 2.05) is 18.2 Å². The first kappa shape index (κ1) is 22.0. The second-order valence-corrected chi connectivity index (χ2v) is 7.36. The molecule has 0 saturated heterocycles. The Morgan fingerprint density at radius 2 is 1.97 bits per heavy atom. The highest BCUT2D eigenvalue weighted by atomic mass is 16.5. The van der Waals surface area contributed by atoms with E-state index in [9.17, 15) is 14.7 Å². The average Bonchev–Trinajstić information content (AvgIpc) is 2.74. The molecule has 2 aromatic carbocycles. The summed E-state index contributed by atoms with van der Waals surface area (Å²) in [5.74, 6) is -0.325. The lowest BCUT2D eigenvalue weighted by Gasteiger charge is -2.30. The van der Waals surface area contributed by atoms with Gasteiger partial charge in [-0.2, -0.15) is 0 Å². The van der Waals surface area contributed by atoms with Gasteiger partial charge in [0.1, 0.15) is 0 Å². The number of hydrogen-bond acceptors (Lipinski definition) is 5. The van der Waals surface area contributed by atoms with Gasteiger partial charge in [0.15, 0.2) is 11.5 Å². The normalized spacial score (nSPS) is 15.9. The Morgan fingerprint density at radius 1 is 1.26 bits per heavy atom.